The summed E-state index contributed by atoms with van der Waals surface area (Å²) in [7, 11) is 1.62. The van der Waals surface area contributed by atoms with Crippen LogP contribution < -0.4 is 4.74 Å². The Morgan fingerprint density at radius 3 is 2.50 bits per heavy atom. The second-order valence-corrected chi connectivity index (χ2v) is 8.45. The van der Waals surface area contributed by atoms with Gasteiger partial charge in [0.15, 0.2) is 5.78 Å². The predicted molar refractivity (Wildman–Crippen MR) is 109 cm³/mol. The minimum atomic E-state index is -0.580. The predicted octanol–water partition coefficient (Wildman–Crippen LogP) is 4.47. The molecular formula is C23H29NO4. The molecule has 1 aromatic rings. The van der Waals surface area contributed by atoms with Crippen molar-refractivity contribution >= 4 is 17.5 Å². The summed E-state index contributed by atoms with van der Waals surface area (Å²) in [6.07, 6.45) is 1.95. The van der Waals surface area contributed by atoms with Crippen molar-refractivity contribution in [3.05, 3.63) is 41.1 Å². The molecule has 2 aliphatic rings. The zero-order valence-electron chi connectivity index (χ0n) is 17.4. The summed E-state index contributed by atoms with van der Waals surface area (Å²) in [4.78, 5) is 30.8. The quantitative estimate of drug-likeness (QED) is 0.704. The Kier molecular flexibility index (Phi) is 5.73. The van der Waals surface area contributed by atoms with Gasteiger partial charge in [0.05, 0.1) is 13.7 Å². The fraction of sp³-hybridized carbons (Fsp3) is 0.522. The number of benzene rings is 1. The molecule has 5 heteroatoms. The summed E-state index contributed by atoms with van der Waals surface area (Å²) in [6.45, 7) is 8.37. The van der Waals surface area contributed by atoms with Crippen molar-refractivity contribution in [2.24, 2.45) is 16.3 Å². The van der Waals surface area contributed by atoms with Crippen LogP contribution >= 0.6 is 0 Å². The zero-order valence-corrected chi connectivity index (χ0v) is 17.4. The molecule has 0 spiro atoms. The lowest BCUT2D eigenvalue weighted by molar-refractivity contribution is -0.146. The van der Waals surface area contributed by atoms with Gasteiger partial charge in [-0.1, -0.05) is 32.9 Å². The van der Waals surface area contributed by atoms with Crippen LogP contribution in [0.3, 0.4) is 0 Å². The Morgan fingerprint density at radius 2 is 1.89 bits per heavy atom. The van der Waals surface area contributed by atoms with Gasteiger partial charge in [-0.25, -0.2) is 0 Å². The average Bonchev–Trinajstić information content (AvgIpc) is 2.64. The van der Waals surface area contributed by atoms with Gasteiger partial charge in [0, 0.05) is 29.3 Å². The van der Waals surface area contributed by atoms with Crippen LogP contribution in [0, 0.1) is 11.3 Å². The van der Waals surface area contributed by atoms with Gasteiger partial charge in [-0.3, -0.25) is 14.6 Å². The maximum Gasteiger partial charge on any atom is 0.315 e. The van der Waals surface area contributed by atoms with E-state index in [1.54, 1.807) is 7.11 Å². The summed E-state index contributed by atoms with van der Waals surface area (Å²) in [5.74, 6) is -0.444. The number of hydrogen-bond acceptors (Lipinski definition) is 5. The molecule has 0 radical (unpaired) electrons. The van der Waals surface area contributed by atoms with Crippen LogP contribution in [-0.2, 0) is 14.3 Å². The Bertz CT molecular complexity index is 833. The highest BCUT2D eigenvalue weighted by atomic mass is 16.5. The zero-order chi connectivity index (χ0) is 20.5. The van der Waals surface area contributed by atoms with Crippen molar-refractivity contribution in [1.29, 1.82) is 0 Å². The third-order valence-electron chi connectivity index (χ3n) is 5.48. The second-order valence-electron chi connectivity index (χ2n) is 8.45. The molecule has 0 saturated carbocycles. The van der Waals surface area contributed by atoms with E-state index in [0.717, 1.165) is 29.9 Å². The van der Waals surface area contributed by atoms with Gasteiger partial charge in [-0.05, 0) is 42.9 Å². The largest absolute Gasteiger partial charge is 0.497 e. The van der Waals surface area contributed by atoms with Crippen LogP contribution in [0.2, 0.25) is 0 Å². The number of Topliss-reactive ketones (excluding diaryl/α,β-unsaturated/α-hetero) is 1. The van der Waals surface area contributed by atoms with E-state index in [1.807, 2.05) is 38.1 Å². The highest BCUT2D eigenvalue weighted by Gasteiger charge is 2.45. The van der Waals surface area contributed by atoms with Gasteiger partial charge < -0.3 is 9.47 Å². The van der Waals surface area contributed by atoms with Crippen LogP contribution in [-0.4, -0.2) is 31.2 Å². The SMILES string of the molecule is CCCOC(=O)C1C(C)=NC2=C(C(=O)CC(C)(C)C2)[C@H]1c1ccc(OC)cc1. The summed E-state index contributed by atoms with van der Waals surface area (Å²) in [6, 6.07) is 7.59. The maximum absolute atomic E-state index is 13.1. The number of aliphatic imine (C=N–C) groups is 1. The molecule has 0 N–H and O–H groups in total. The average molecular weight is 383 g/mol. The van der Waals surface area contributed by atoms with Crippen LogP contribution in [0.15, 0.2) is 40.5 Å². The number of esters is 1. The Hall–Kier alpha value is -2.43. The number of carbonyl (C=O) groups is 2. The molecule has 0 amide bonds. The Balaban J connectivity index is 2.11. The number of ether oxygens (including phenoxy) is 2. The van der Waals surface area contributed by atoms with Gasteiger partial charge in [0.25, 0.3) is 0 Å². The summed E-state index contributed by atoms with van der Waals surface area (Å²) < 4.78 is 10.7. The molecule has 0 aromatic heterocycles. The van der Waals surface area contributed by atoms with Crippen molar-refractivity contribution in [3.8, 4) is 5.75 Å². The van der Waals surface area contributed by atoms with E-state index in [-0.39, 0.29) is 23.1 Å². The maximum atomic E-state index is 13.1. The topological polar surface area (TPSA) is 65.0 Å². The first kappa shape index (κ1) is 20.3. The molecular weight excluding hydrogens is 354 g/mol. The lowest BCUT2D eigenvalue weighted by atomic mass is 9.67. The standard InChI is InChI=1S/C23H29NO4/c1-6-11-28-22(26)19-14(2)24-17-12-23(3,4)13-18(25)21(17)20(19)15-7-9-16(27-5)10-8-15/h7-10,19-20H,6,11-13H2,1-5H3/t19?,20-/m0/s1. The normalized spacial score (nSPS) is 23.8. The minimum absolute atomic E-state index is 0.0802. The Morgan fingerprint density at radius 1 is 1.21 bits per heavy atom. The van der Waals surface area contributed by atoms with E-state index in [0.29, 0.717) is 24.3 Å². The van der Waals surface area contributed by atoms with Crippen molar-refractivity contribution in [3.63, 3.8) is 0 Å². The fourth-order valence-electron chi connectivity index (χ4n) is 4.21. The monoisotopic (exact) mass is 383 g/mol. The van der Waals surface area contributed by atoms with E-state index in [9.17, 15) is 9.59 Å². The second kappa shape index (κ2) is 7.90. The van der Waals surface area contributed by atoms with Crippen LogP contribution in [0.1, 0.15) is 58.4 Å². The fourth-order valence-corrected chi connectivity index (χ4v) is 4.21. The number of nitrogens with zero attached hydrogens (tertiary/aromatic N) is 1. The smallest absolute Gasteiger partial charge is 0.315 e. The van der Waals surface area contributed by atoms with E-state index in [4.69, 9.17) is 14.5 Å². The molecule has 28 heavy (non-hydrogen) atoms. The molecule has 3 rings (SSSR count). The van der Waals surface area contributed by atoms with Gasteiger partial charge in [-0.15, -0.1) is 0 Å². The van der Waals surface area contributed by atoms with Crippen molar-refractivity contribution in [1.82, 2.24) is 0 Å². The number of rotatable bonds is 5. The van der Waals surface area contributed by atoms with Crippen LogP contribution in [0.25, 0.3) is 0 Å². The third-order valence-corrected chi connectivity index (χ3v) is 5.48. The molecule has 1 aromatic carbocycles. The molecule has 1 heterocycles. The molecule has 1 aliphatic carbocycles. The lowest BCUT2D eigenvalue weighted by Crippen LogP contribution is -2.39. The van der Waals surface area contributed by atoms with Gasteiger partial charge >= 0.3 is 5.97 Å². The van der Waals surface area contributed by atoms with E-state index in [1.165, 1.54) is 0 Å². The molecule has 150 valence electrons. The minimum Gasteiger partial charge on any atom is -0.497 e. The number of carbonyl (C=O) groups excluding carboxylic acids is 2. The first-order valence-electron chi connectivity index (χ1n) is 9.89. The van der Waals surface area contributed by atoms with E-state index >= 15 is 0 Å². The van der Waals surface area contributed by atoms with Gasteiger partial charge in [0.2, 0.25) is 0 Å². The van der Waals surface area contributed by atoms with Crippen LogP contribution in [0.5, 0.6) is 5.75 Å². The number of hydrogen-bond donors (Lipinski definition) is 0. The molecule has 0 fully saturated rings. The van der Waals surface area contributed by atoms with E-state index < -0.39 is 5.92 Å². The highest BCUT2D eigenvalue weighted by molar-refractivity contribution is 6.09. The number of methoxy groups -OCH3 is 1. The molecule has 1 aliphatic heterocycles. The van der Waals surface area contributed by atoms with E-state index in [2.05, 4.69) is 13.8 Å². The summed E-state index contributed by atoms with van der Waals surface area (Å²) in [5, 5.41) is 0. The van der Waals surface area contributed by atoms with Crippen molar-refractivity contribution in [2.45, 2.75) is 52.9 Å². The molecule has 0 saturated heterocycles. The molecule has 2 atom stereocenters. The first-order valence-corrected chi connectivity index (χ1v) is 9.89. The van der Waals surface area contributed by atoms with Gasteiger partial charge in [0.1, 0.15) is 11.7 Å². The molecule has 5 nitrogen and oxygen atoms in total. The summed E-state index contributed by atoms with van der Waals surface area (Å²) >= 11 is 0. The van der Waals surface area contributed by atoms with Crippen molar-refractivity contribution in [2.75, 3.05) is 13.7 Å². The number of allylic oxidation sites excluding steroid dienone is 2. The van der Waals surface area contributed by atoms with Crippen LogP contribution in [0.4, 0.5) is 0 Å². The first-order chi connectivity index (χ1) is 13.3. The summed E-state index contributed by atoms with van der Waals surface area (Å²) in [5.41, 5.74) is 2.99. The lowest BCUT2D eigenvalue weighted by Gasteiger charge is -2.39. The molecule has 1 unspecified atom stereocenters. The third kappa shape index (κ3) is 3.89. The Labute approximate surface area is 166 Å². The molecule has 0 bridgehead atoms. The highest BCUT2D eigenvalue weighted by Crippen LogP contribution is 2.48. The van der Waals surface area contributed by atoms with Crippen molar-refractivity contribution < 1.29 is 19.1 Å². The number of ketones is 1. The van der Waals surface area contributed by atoms with Gasteiger partial charge in [-0.2, -0.15) is 0 Å².